The molecule has 0 aliphatic heterocycles. The van der Waals surface area contributed by atoms with Crippen LogP contribution in [-0.2, 0) is 4.79 Å². The third-order valence-electron chi connectivity index (χ3n) is 6.26. The molecule has 0 bridgehead atoms. The maximum absolute atomic E-state index is 14.0. The molecule has 3 amide bonds. The van der Waals surface area contributed by atoms with Gasteiger partial charge in [0.1, 0.15) is 10.9 Å². The van der Waals surface area contributed by atoms with E-state index in [1.165, 1.54) is 4.90 Å². The van der Waals surface area contributed by atoms with Crippen molar-refractivity contribution < 1.29 is 14.4 Å². The Morgan fingerprint density at radius 3 is 2.34 bits per heavy atom. The zero-order chi connectivity index (χ0) is 25.1. The molecule has 9 heteroatoms. The second kappa shape index (κ2) is 10.3. The van der Waals surface area contributed by atoms with E-state index in [0.717, 1.165) is 48.3 Å². The van der Waals surface area contributed by atoms with Crippen molar-refractivity contribution in [3.8, 4) is 0 Å². The summed E-state index contributed by atoms with van der Waals surface area (Å²) in [5, 5.41) is 3.15. The van der Waals surface area contributed by atoms with Crippen molar-refractivity contribution in [2.24, 2.45) is 5.73 Å². The molecule has 1 aliphatic rings. The number of carbonyl (C=O) groups is 3. The number of primary amides is 1. The summed E-state index contributed by atoms with van der Waals surface area (Å²) in [6, 6.07) is 14.0. The molecule has 1 aromatic heterocycles. The Labute approximate surface area is 208 Å². The van der Waals surface area contributed by atoms with Crippen LogP contribution in [0.3, 0.4) is 0 Å². The fourth-order valence-corrected chi connectivity index (χ4v) is 5.16. The number of benzene rings is 2. The first kappa shape index (κ1) is 24.4. The van der Waals surface area contributed by atoms with E-state index < -0.39 is 17.9 Å². The number of aryl methyl sites for hydroxylation is 2. The van der Waals surface area contributed by atoms with Crippen molar-refractivity contribution in [3.05, 3.63) is 75.8 Å². The first-order chi connectivity index (χ1) is 16.8. The van der Waals surface area contributed by atoms with E-state index in [1.54, 1.807) is 6.07 Å². The van der Waals surface area contributed by atoms with Crippen molar-refractivity contribution in [1.82, 2.24) is 9.69 Å². The molecule has 2 aromatic carbocycles. The Morgan fingerprint density at radius 2 is 1.74 bits per heavy atom. The smallest absolute Gasteiger partial charge is 0.273 e. The van der Waals surface area contributed by atoms with Gasteiger partial charge in [-0.25, -0.2) is 0 Å². The Bertz CT molecular complexity index is 1250. The number of anilines is 2. The van der Waals surface area contributed by atoms with Crippen LogP contribution in [-0.4, -0.2) is 28.1 Å². The highest BCUT2D eigenvalue weighted by Gasteiger charge is 2.37. The third kappa shape index (κ3) is 5.19. The maximum Gasteiger partial charge on any atom is 0.273 e. The van der Waals surface area contributed by atoms with E-state index in [9.17, 15) is 14.4 Å². The standard InChI is InChI=1S/C26H29N5O3S/c1-15-10-12-17(13-11-15)22(25(33)29-18-7-3-4-8-18)31(19-9-5-6-16(2)14-19)26(34)23-20(27)21(24(28)32)30-35-23/h5-6,9-14,18,22H,3-4,7-8,27H2,1-2H3,(H2,28,32)(H,29,33)/t22-/m1/s1. The number of nitrogens with zero attached hydrogens (tertiary/aromatic N) is 2. The molecule has 0 saturated heterocycles. The number of carbonyl (C=O) groups excluding carboxylic acids is 3. The van der Waals surface area contributed by atoms with Crippen molar-refractivity contribution in [2.75, 3.05) is 10.6 Å². The fraction of sp³-hybridized carbons (Fsp3) is 0.308. The van der Waals surface area contributed by atoms with E-state index in [1.807, 2.05) is 56.3 Å². The second-order valence-electron chi connectivity index (χ2n) is 8.96. The molecular formula is C26H29N5O3S. The van der Waals surface area contributed by atoms with Crippen LogP contribution in [0, 0.1) is 13.8 Å². The lowest BCUT2D eigenvalue weighted by Crippen LogP contribution is -2.46. The third-order valence-corrected chi connectivity index (χ3v) is 7.11. The average molecular weight is 492 g/mol. The molecule has 8 nitrogen and oxygen atoms in total. The Hall–Kier alpha value is -3.72. The molecule has 5 N–H and O–H groups in total. The van der Waals surface area contributed by atoms with Gasteiger partial charge in [-0.2, -0.15) is 4.37 Å². The molecule has 1 heterocycles. The maximum atomic E-state index is 14.0. The van der Waals surface area contributed by atoms with Crippen LogP contribution in [0.2, 0.25) is 0 Å². The number of hydrogen-bond acceptors (Lipinski definition) is 6. The SMILES string of the molecule is Cc1ccc([C@H](C(=O)NC2CCCC2)N(C(=O)c2snc(C(N)=O)c2N)c2cccc(C)c2)cc1. The lowest BCUT2D eigenvalue weighted by Gasteiger charge is -2.32. The minimum absolute atomic E-state index is 0.0612. The number of aromatic nitrogens is 1. The van der Waals surface area contributed by atoms with Gasteiger partial charge >= 0.3 is 0 Å². The minimum Gasteiger partial charge on any atom is -0.395 e. The van der Waals surface area contributed by atoms with Gasteiger partial charge in [0.25, 0.3) is 11.8 Å². The second-order valence-corrected chi connectivity index (χ2v) is 9.73. The highest BCUT2D eigenvalue weighted by molar-refractivity contribution is 7.09. The van der Waals surface area contributed by atoms with Crippen molar-refractivity contribution >= 4 is 40.6 Å². The summed E-state index contributed by atoms with van der Waals surface area (Å²) in [5.74, 6) is -1.60. The normalized spacial score (nSPS) is 14.5. The van der Waals surface area contributed by atoms with E-state index in [2.05, 4.69) is 9.69 Å². The Balaban J connectivity index is 1.85. The highest BCUT2D eigenvalue weighted by atomic mass is 32.1. The van der Waals surface area contributed by atoms with Gasteiger partial charge in [0.2, 0.25) is 5.91 Å². The number of nitrogens with one attached hydrogen (secondary N) is 1. The van der Waals surface area contributed by atoms with Crippen LogP contribution in [0.1, 0.15) is 68.6 Å². The van der Waals surface area contributed by atoms with E-state index >= 15 is 0 Å². The molecule has 1 saturated carbocycles. The summed E-state index contributed by atoms with van der Waals surface area (Å²) in [5.41, 5.74) is 14.4. The molecular weight excluding hydrogens is 462 g/mol. The lowest BCUT2D eigenvalue weighted by molar-refractivity contribution is -0.123. The van der Waals surface area contributed by atoms with Crippen molar-refractivity contribution in [3.63, 3.8) is 0 Å². The van der Waals surface area contributed by atoms with Gasteiger partial charge in [0, 0.05) is 11.7 Å². The molecule has 4 rings (SSSR count). The van der Waals surface area contributed by atoms with Gasteiger partial charge in [-0.3, -0.25) is 19.3 Å². The predicted molar refractivity (Wildman–Crippen MR) is 137 cm³/mol. The summed E-state index contributed by atoms with van der Waals surface area (Å²) < 4.78 is 4.00. The van der Waals surface area contributed by atoms with Crippen LogP contribution >= 0.6 is 11.5 Å². The highest BCUT2D eigenvalue weighted by Crippen LogP contribution is 2.34. The molecule has 0 spiro atoms. The quantitative estimate of drug-likeness (QED) is 0.461. The van der Waals surface area contributed by atoms with Crippen LogP contribution in [0.15, 0.2) is 48.5 Å². The predicted octanol–water partition coefficient (Wildman–Crippen LogP) is 3.89. The number of rotatable bonds is 7. The summed E-state index contributed by atoms with van der Waals surface area (Å²) in [4.78, 5) is 41.0. The molecule has 1 atom stereocenters. The number of nitrogens with two attached hydrogens (primary N) is 2. The molecule has 0 radical (unpaired) electrons. The van der Waals surface area contributed by atoms with E-state index in [0.29, 0.717) is 11.3 Å². The fourth-order valence-electron chi connectivity index (χ4n) is 4.42. The molecule has 0 unspecified atom stereocenters. The molecule has 35 heavy (non-hydrogen) atoms. The average Bonchev–Trinajstić information content (AvgIpc) is 3.47. The molecule has 3 aromatic rings. The molecule has 1 fully saturated rings. The Morgan fingerprint density at radius 1 is 1.06 bits per heavy atom. The largest absolute Gasteiger partial charge is 0.395 e. The first-order valence-electron chi connectivity index (χ1n) is 11.6. The van der Waals surface area contributed by atoms with E-state index in [4.69, 9.17) is 11.5 Å². The van der Waals surface area contributed by atoms with Crippen LogP contribution < -0.4 is 21.7 Å². The monoisotopic (exact) mass is 491 g/mol. The summed E-state index contributed by atoms with van der Waals surface area (Å²) in [7, 11) is 0. The Kier molecular flexibility index (Phi) is 7.16. The number of nitrogen functional groups attached to an aromatic ring is 1. The number of hydrogen-bond donors (Lipinski definition) is 3. The van der Waals surface area contributed by atoms with Gasteiger partial charge in [-0.15, -0.1) is 0 Å². The summed E-state index contributed by atoms with van der Waals surface area (Å²) in [6.45, 7) is 3.88. The van der Waals surface area contributed by atoms with Crippen molar-refractivity contribution in [2.45, 2.75) is 51.6 Å². The zero-order valence-electron chi connectivity index (χ0n) is 19.8. The molecule has 1 aliphatic carbocycles. The van der Waals surface area contributed by atoms with E-state index in [-0.39, 0.29) is 28.2 Å². The van der Waals surface area contributed by atoms with Gasteiger partial charge in [0.15, 0.2) is 5.69 Å². The zero-order valence-corrected chi connectivity index (χ0v) is 20.6. The minimum atomic E-state index is -0.955. The lowest BCUT2D eigenvalue weighted by atomic mass is 10.0. The van der Waals surface area contributed by atoms with Crippen molar-refractivity contribution in [1.29, 1.82) is 0 Å². The summed E-state index contributed by atoms with van der Waals surface area (Å²) >= 11 is 0.801. The molecule has 182 valence electrons. The first-order valence-corrected chi connectivity index (χ1v) is 12.4. The van der Waals surface area contributed by atoms with Crippen LogP contribution in [0.5, 0.6) is 0 Å². The van der Waals surface area contributed by atoms with Gasteiger partial charge in [0.05, 0.1) is 5.69 Å². The van der Waals surface area contributed by atoms with Gasteiger partial charge in [-0.05, 0) is 61.5 Å². The van der Waals surface area contributed by atoms with Crippen LogP contribution in [0.4, 0.5) is 11.4 Å². The summed E-state index contributed by atoms with van der Waals surface area (Å²) in [6.07, 6.45) is 3.95. The van der Waals surface area contributed by atoms with Crippen LogP contribution in [0.25, 0.3) is 0 Å². The van der Waals surface area contributed by atoms with Gasteiger partial charge < -0.3 is 16.8 Å². The number of amides is 3. The topological polar surface area (TPSA) is 131 Å². The van der Waals surface area contributed by atoms with Gasteiger partial charge in [-0.1, -0.05) is 54.8 Å².